The number of nitrogens with zero attached hydrogens (tertiary/aromatic N) is 1. The smallest absolute Gasteiger partial charge is 0.322 e. The summed E-state index contributed by atoms with van der Waals surface area (Å²) in [4.78, 5) is 12.1. The molecule has 0 amide bonds. The highest BCUT2D eigenvalue weighted by Crippen LogP contribution is 2.27. The van der Waals surface area contributed by atoms with Gasteiger partial charge in [-0.25, -0.2) is 8.78 Å². The number of likely N-dealkylation sites (tertiary alicyclic amines) is 1. The number of aliphatic carboxylic acids is 1. The van der Waals surface area contributed by atoms with Gasteiger partial charge in [0.1, 0.15) is 6.04 Å². The number of alkyl halides is 2. The summed E-state index contributed by atoms with van der Waals surface area (Å²) < 4.78 is 26.1. The van der Waals surface area contributed by atoms with Crippen LogP contribution in [0.3, 0.4) is 0 Å². The fraction of sp³-hybridized carbons (Fsp3) is 0.889. The summed E-state index contributed by atoms with van der Waals surface area (Å²) in [5.74, 6) is -3.87. The molecule has 1 saturated heterocycles. The molecule has 0 aromatic rings. The molecule has 0 saturated carbocycles. The fourth-order valence-corrected chi connectivity index (χ4v) is 1.78. The molecule has 15 heavy (non-hydrogen) atoms. The zero-order chi connectivity index (χ0) is 11.6. The lowest BCUT2D eigenvalue weighted by molar-refractivity contribution is -0.141. The number of carbonyl (C=O) groups is 1. The second-order valence-electron chi connectivity index (χ2n) is 4.03. The zero-order valence-electron chi connectivity index (χ0n) is 8.62. The summed E-state index contributed by atoms with van der Waals surface area (Å²) in [6.07, 6.45) is 0.252. The number of hydrogen-bond donors (Lipinski definition) is 2. The van der Waals surface area contributed by atoms with E-state index in [2.05, 4.69) is 0 Å². The van der Waals surface area contributed by atoms with E-state index in [1.165, 1.54) is 4.90 Å². The van der Waals surface area contributed by atoms with Crippen LogP contribution >= 0.6 is 0 Å². The molecule has 88 valence electrons. The van der Waals surface area contributed by atoms with E-state index in [1.54, 1.807) is 6.92 Å². The van der Waals surface area contributed by atoms with Gasteiger partial charge in [-0.1, -0.05) is 0 Å². The van der Waals surface area contributed by atoms with Gasteiger partial charge in [-0.15, -0.1) is 0 Å². The minimum atomic E-state index is -2.72. The second-order valence-corrected chi connectivity index (χ2v) is 4.03. The third kappa shape index (κ3) is 3.10. The molecular formula is C9H16F2N2O2. The Labute approximate surface area is 87.0 Å². The van der Waals surface area contributed by atoms with Crippen molar-refractivity contribution in [3.63, 3.8) is 0 Å². The molecule has 0 aromatic heterocycles. The van der Waals surface area contributed by atoms with E-state index in [0.29, 0.717) is 13.0 Å². The normalized spacial score (nSPS) is 25.9. The Morgan fingerprint density at radius 1 is 1.60 bits per heavy atom. The summed E-state index contributed by atoms with van der Waals surface area (Å²) in [5, 5.41) is 8.67. The van der Waals surface area contributed by atoms with Crippen LogP contribution in [0.25, 0.3) is 0 Å². The van der Waals surface area contributed by atoms with E-state index in [-0.39, 0.29) is 6.42 Å². The molecule has 0 aliphatic carbocycles. The summed E-state index contributed by atoms with van der Waals surface area (Å²) in [5.41, 5.74) is 5.39. The average molecular weight is 222 g/mol. The summed E-state index contributed by atoms with van der Waals surface area (Å²) in [6, 6.07) is -1.67. The maximum atomic E-state index is 13.0. The molecule has 1 heterocycles. The Morgan fingerprint density at radius 3 is 2.67 bits per heavy atom. The SMILES string of the molecule is CC(C(N)C(=O)O)N1CCCC(F)(F)C1. The molecule has 1 aliphatic heterocycles. The van der Waals surface area contributed by atoms with Crippen molar-refractivity contribution in [3.05, 3.63) is 0 Å². The van der Waals surface area contributed by atoms with Crippen molar-refractivity contribution in [1.29, 1.82) is 0 Å². The van der Waals surface area contributed by atoms with Gasteiger partial charge in [-0.05, 0) is 19.9 Å². The largest absolute Gasteiger partial charge is 0.480 e. The standard InChI is InChI=1S/C9H16F2N2O2/c1-6(7(12)8(14)15)13-4-2-3-9(10,11)5-13/h6-7H,2-5,12H2,1H3,(H,14,15). The number of carboxylic acids is 1. The van der Waals surface area contributed by atoms with E-state index in [1.807, 2.05) is 0 Å². The lowest BCUT2D eigenvalue weighted by Crippen LogP contribution is -2.55. The summed E-state index contributed by atoms with van der Waals surface area (Å²) in [7, 11) is 0. The van der Waals surface area contributed by atoms with Crippen molar-refractivity contribution >= 4 is 5.97 Å². The van der Waals surface area contributed by atoms with E-state index in [4.69, 9.17) is 10.8 Å². The van der Waals surface area contributed by atoms with Crippen molar-refractivity contribution in [2.24, 2.45) is 5.73 Å². The topological polar surface area (TPSA) is 66.6 Å². The fourth-order valence-electron chi connectivity index (χ4n) is 1.78. The van der Waals surface area contributed by atoms with E-state index in [0.717, 1.165) is 0 Å². The highest BCUT2D eigenvalue weighted by atomic mass is 19.3. The Morgan fingerprint density at radius 2 is 2.20 bits per heavy atom. The number of hydrogen-bond acceptors (Lipinski definition) is 3. The van der Waals surface area contributed by atoms with Gasteiger partial charge >= 0.3 is 5.97 Å². The van der Waals surface area contributed by atoms with Crippen molar-refractivity contribution in [1.82, 2.24) is 4.90 Å². The van der Waals surface area contributed by atoms with Gasteiger partial charge in [0.25, 0.3) is 5.92 Å². The molecule has 0 bridgehead atoms. The number of carboxylic acid groups (broad SMARTS) is 1. The number of halogens is 2. The first-order valence-corrected chi connectivity index (χ1v) is 4.94. The van der Waals surface area contributed by atoms with Crippen LogP contribution < -0.4 is 5.73 Å². The second kappa shape index (κ2) is 4.40. The van der Waals surface area contributed by atoms with E-state index in [9.17, 15) is 13.6 Å². The van der Waals surface area contributed by atoms with Crippen LogP contribution in [0.2, 0.25) is 0 Å². The van der Waals surface area contributed by atoms with Crippen LogP contribution in [-0.4, -0.2) is 47.1 Å². The molecule has 1 rings (SSSR count). The maximum absolute atomic E-state index is 13.0. The molecule has 3 N–H and O–H groups in total. The predicted octanol–water partition coefficient (Wildman–Crippen LogP) is 0.518. The van der Waals surface area contributed by atoms with Gasteiger partial charge in [-0.2, -0.15) is 0 Å². The Hall–Kier alpha value is -0.750. The van der Waals surface area contributed by atoms with Gasteiger partial charge < -0.3 is 10.8 Å². The van der Waals surface area contributed by atoms with E-state index >= 15 is 0 Å². The minimum absolute atomic E-state index is 0.126. The maximum Gasteiger partial charge on any atom is 0.322 e. The summed E-state index contributed by atoms with van der Waals surface area (Å²) >= 11 is 0. The highest BCUT2D eigenvalue weighted by Gasteiger charge is 2.38. The zero-order valence-corrected chi connectivity index (χ0v) is 8.62. The van der Waals surface area contributed by atoms with Crippen molar-refractivity contribution in [3.8, 4) is 0 Å². The number of rotatable bonds is 3. The third-order valence-corrected chi connectivity index (χ3v) is 2.80. The third-order valence-electron chi connectivity index (χ3n) is 2.80. The van der Waals surface area contributed by atoms with Crippen LogP contribution in [-0.2, 0) is 4.79 Å². The molecule has 2 unspecified atom stereocenters. The van der Waals surface area contributed by atoms with Gasteiger partial charge in [0.05, 0.1) is 6.54 Å². The molecule has 0 spiro atoms. The van der Waals surface area contributed by atoms with E-state index < -0.39 is 30.5 Å². The van der Waals surface area contributed by atoms with Gasteiger partial charge in [-0.3, -0.25) is 9.69 Å². The first-order valence-electron chi connectivity index (χ1n) is 4.94. The minimum Gasteiger partial charge on any atom is -0.480 e. The number of piperidine rings is 1. The average Bonchev–Trinajstić information content (AvgIpc) is 2.13. The van der Waals surface area contributed by atoms with Gasteiger partial charge in [0.15, 0.2) is 0 Å². The van der Waals surface area contributed by atoms with Crippen LogP contribution in [0.4, 0.5) is 8.78 Å². The van der Waals surface area contributed by atoms with Crippen molar-refractivity contribution in [2.45, 2.75) is 37.8 Å². The first kappa shape index (κ1) is 12.3. The van der Waals surface area contributed by atoms with Crippen LogP contribution in [0.15, 0.2) is 0 Å². The van der Waals surface area contributed by atoms with Crippen LogP contribution in [0, 0.1) is 0 Å². The lowest BCUT2D eigenvalue weighted by Gasteiger charge is -2.37. The number of nitrogens with two attached hydrogens (primary N) is 1. The Bertz CT molecular complexity index is 248. The van der Waals surface area contributed by atoms with Gasteiger partial charge in [0, 0.05) is 12.5 Å². The molecule has 6 heteroatoms. The summed E-state index contributed by atoms with van der Waals surface area (Å²) in [6.45, 7) is 1.66. The Kier molecular flexibility index (Phi) is 3.62. The first-order chi connectivity index (χ1) is 6.83. The van der Waals surface area contributed by atoms with Crippen molar-refractivity contribution < 1.29 is 18.7 Å². The molecule has 0 radical (unpaired) electrons. The highest BCUT2D eigenvalue weighted by molar-refractivity contribution is 5.74. The predicted molar refractivity (Wildman–Crippen MR) is 50.8 cm³/mol. The monoisotopic (exact) mass is 222 g/mol. The molecular weight excluding hydrogens is 206 g/mol. The van der Waals surface area contributed by atoms with Crippen LogP contribution in [0.5, 0.6) is 0 Å². The molecule has 0 aromatic carbocycles. The quantitative estimate of drug-likeness (QED) is 0.730. The molecule has 2 atom stereocenters. The molecule has 1 aliphatic rings. The lowest BCUT2D eigenvalue weighted by atomic mass is 10.0. The van der Waals surface area contributed by atoms with Gasteiger partial charge in [0.2, 0.25) is 0 Å². The molecule has 4 nitrogen and oxygen atoms in total. The Balaban J connectivity index is 2.60. The van der Waals surface area contributed by atoms with Crippen LogP contribution in [0.1, 0.15) is 19.8 Å². The van der Waals surface area contributed by atoms with Crippen molar-refractivity contribution in [2.75, 3.05) is 13.1 Å². The molecule has 1 fully saturated rings.